The van der Waals surface area contributed by atoms with Crippen LogP contribution >= 0.6 is 0 Å². The summed E-state index contributed by atoms with van der Waals surface area (Å²) in [7, 11) is -0.468. The third-order valence-corrected chi connectivity index (χ3v) is 9.26. The van der Waals surface area contributed by atoms with Gasteiger partial charge in [-0.15, -0.1) is 0 Å². The maximum atomic E-state index is 6.44. The van der Waals surface area contributed by atoms with Crippen molar-refractivity contribution < 1.29 is 9.31 Å². The van der Waals surface area contributed by atoms with E-state index in [9.17, 15) is 0 Å². The lowest BCUT2D eigenvalue weighted by atomic mass is 9.79. The molecule has 1 fully saturated rings. The number of hydrogen-bond acceptors (Lipinski definition) is 4. The van der Waals surface area contributed by atoms with Gasteiger partial charge in [-0.25, -0.2) is 9.97 Å². The van der Waals surface area contributed by atoms with E-state index < -0.39 is 18.3 Å². The molecule has 3 heterocycles. The van der Waals surface area contributed by atoms with Gasteiger partial charge in [0.25, 0.3) is 0 Å². The maximum Gasteiger partial charge on any atom is 0.494 e. The highest BCUT2D eigenvalue weighted by Crippen LogP contribution is 2.38. The molecule has 214 valence electrons. The van der Waals surface area contributed by atoms with Gasteiger partial charge in [0.15, 0.2) is 0 Å². The minimum Gasteiger partial charge on any atom is -0.399 e. The van der Waals surface area contributed by atoms with Gasteiger partial charge < -0.3 is 9.31 Å². The molecule has 0 atom stereocenters. The van der Waals surface area contributed by atoms with Crippen molar-refractivity contribution >= 4 is 45.3 Å². The molecular formula is C38H32BN3O2. The van der Waals surface area contributed by atoms with Crippen LogP contribution in [0.5, 0.6) is 0 Å². The van der Waals surface area contributed by atoms with Crippen LogP contribution in [0.4, 0.5) is 0 Å². The zero-order valence-corrected chi connectivity index (χ0v) is 25.3. The highest BCUT2D eigenvalue weighted by molar-refractivity contribution is 6.62. The van der Waals surface area contributed by atoms with Gasteiger partial charge in [0.2, 0.25) is 5.95 Å². The normalized spacial score (nSPS) is 15.9. The molecular weight excluding hydrogens is 541 g/mol. The van der Waals surface area contributed by atoms with Crippen molar-refractivity contribution in [1.82, 2.24) is 14.5 Å². The van der Waals surface area contributed by atoms with E-state index >= 15 is 0 Å². The van der Waals surface area contributed by atoms with Gasteiger partial charge >= 0.3 is 7.12 Å². The second-order valence-corrected chi connectivity index (χ2v) is 12.6. The molecule has 0 saturated carbocycles. The topological polar surface area (TPSA) is 49.2 Å². The lowest BCUT2D eigenvalue weighted by molar-refractivity contribution is 0.00578. The van der Waals surface area contributed by atoms with Crippen LogP contribution in [0.15, 0.2) is 121 Å². The Kier molecular flexibility index (Phi) is 6.02. The Morgan fingerprint density at radius 2 is 1.18 bits per heavy atom. The number of para-hydroxylation sites is 2. The van der Waals surface area contributed by atoms with Crippen LogP contribution in [0.2, 0.25) is 0 Å². The quantitative estimate of drug-likeness (QED) is 0.199. The number of hydrogen-bond donors (Lipinski definition) is 0. The van der Waals surface area contributed by atoms with Crippen LogP contribution in [0.1, 0.15) is 27.7 Å². The first-order valence-electron chi connectivity index (χ1n) is 15.1. The van der Waals surface area contributed by atoms with E-state index in [0.717, 1.165) is 55.0 Å². The monoisotopic (exact) mass is 573 g/mol. The SMILES string of the molecule is CC1(C)OB(c2ccc3c4ccccc4n(-c4nc(-c5cccc(-c6ccccc6)c5)c5ccccc5n4)c3c2)OC1(C)C. The van der Waals surface area contributed by atoms with Gasteiger partial charge in [-0.05, 0) is 68.6 Å². The largest absolute Gasteiger partial charge is 0.494 e. The third-order valence-electron chi connectivity index (χ3n) is 9.26. The lowest BCUT2D eigenvalue weighted by Gasteiger charge is -2.32. The summed E-state index contributed by atoms with van der Waals surface area (Å²) in [5, 5.41) is 3.29. The van der Waals surface area contributed by atoms with E-state index in [1.54, 1.807) is 0 Å². The first kappa shape index (κ1) is 26.8. The van der Waals surface area contributed by atoms with Gasteiger partial charge in [0.05, 0.1) is 33.4 Å². The molecule has 1 saturated heterocycles. The summed E-state index contributed by atoms with van der Waals surface area (Å²) in [4.78, 5) is 10.5. The van der Waals surface area contributed by atoms with E-state index in [1.807, 2.05) is 18.2 Å². The Bertz CT molecular complexity index is 2190. The smallest absolute Gasteiger partial charge is 0.399 e. The van der Waals surface area contributed by atoms with Crippen LogP contribution in [0.25, 0.3) is 61.0 Å². The number of nitrogens with zero attached hydrogens (tertiary/aromatic N) is 3. The summed E-state index contributed by atoms with van der Waals surface area (Å²) < 4.78 is 15.1. The van der Waals surface area contributed by atoms with Crippen molar-refractivity contribution in [2.45, 2.75) is 38.9 Å². The maximum absolute atomic E-state index is 6.44. The number of benzene rings is 5. The molecule has 1 aliphatic rings. The predicted octanol–water partition coefficient (Wildman–Crippen LogP) is 8.36. The number of fused-ring (bicyclic) bond motifs is 4. The van der Waals surface area contributed by atoms with Crippen molar-refractivity contribution in [3.05, 3.63) is 121 Å². The number of rotatable bonds is 4. The number of aromatic nitrogens is 3. The summed E-state index contributed by atoms with van der Waals surface area (Å²) in [5.41, 5.74) is 7.34. The van der Waals surface area contributed by atoms with Crippen LogP contribution in [0, 0.1) is 0 Å². The van der Waals surface area contributed by atoms with Crippen LogP contribution in [0.3, 0.4) is 0 Å². The molecule has 5 aromatic carbocycles. The van der Waals surface area contributed by atoms with Crippen LogP contribution < -0.4 is 5.46 Å². The van der Waals surface area contributed by atoms with Gasteiger partial charge in [-0.2, -0.15) is 0 Å². The second-order valence-electron chi connectivity index (χ2n) is 12.6. The first-order chi connectivity index (χ1) is 21.3. The molecule has 1 aliphatic heterocycles. The first-order valence-corrected chi connectivity index (χ1v) is 15.1. The van der Waals surface area contributed by atoms with Crippen molar-refractivity contribution in [2.75, 3.05) is 0 Å². The molecule has 6 heteroatoms. The second kappa shape index (κ2) is 9.88. The zero-order chi connectivity index (χ0) is 30.1. The predicted molar refractivity (Wildman–Crippen MR) is 180 cm³/mol. The molecule has 0 spiro atoms. The van der Waals surface area contributed by atoms with E-state index in [1.165, 1.54) is 5.56 Å². The van der Waals surface area contributed by atoms with Crippen molar-refractivity contribution in [3.8, 4) is 28.3 Å². The van der Waals surface area contributed by atoms with Gasteiger partial charge in [-0.1, -0.05) is 97.1 Å². The van der Waals surface area contributed by atoms with Crippen molar-refractivity contribution in [2.24, 2.45) is 0 Å². The standard InChI is InChI=1S/C38H32BN3O2/c1-37(2)38(3,4)44-39(43-37)28-21-22-30-29-17-9-11-20-33(29)42(34(30)24-28)36-40-32-19-10-8-18-31(32)35(41-36)27-16-12-15-26(23-27)25-13-6-5-7-14-25/h5-24H,1-4H3. The molecule has 0 bridgehead atoms. The Morgan fingerprint density at radius 3 is 1.98 bits per heavy atom. The summed E-state index contributed by atoms with van der Waals surface area (Å²) in [6.07, 6.45) is 0. The highest BCUT2D eigenvalue weighted by Gasteiger charge is 2.51. The summed E-state index contributed by atoms with van der Waals surface area (Å²) in [6, 6.07) is 42.2. The van der Waals surface area contributed by atoms with Gasteiger partial charge in [0, 0.05) is 21.7 Å². The van der Waals surface area contributed by atoms with Crippen molar-refractivity contribution in [1.29, 1.82) is 0 Å². The summed E-state index contributed by atoms with van der Waals surface area (Å²) in [5.74, 6) is 0.626. The molecule has 0 aliphatic carbocycles. The fraction of sp³-hybridized carbons (Fsp3) is 0.158. The lowest BCUT2D eigenvalue weighted by Crippen LogP contribution is -2.41. The average molecular weight is 574 g/mol. The Morgan fingerprint density at radius 1 is 0.545 bits per heavy atom. The molecule has 5 nitrogen and oxygen atoms in total. The molecule has 0 amide bonds. The summed E-state index contributed by atoms with van der Waals surface area (Å²) >= 11 is 0. The highest BCUT2D eigenvalue weighted by atomic mass is 16.7. The molecule has 44 heavy (non-hydrogen) atoms. The third kappa shape index (κ3) is 4.25. The van der Waals surface area contributed by atoms with Crippen LogP contribution in [-0.4, -0.2) is 32.9 Å². The van der Waals surface area contributed by atoms with E-state index in [-0.39, 0.29) is 0 Å². The zero-order valence-electron chi connectivity index (χ0n) is 25.3. The van der Waals surface area contributed by atoms with Gasteiger partial charge in [0.1, 0.15) is 0 Å². The fourth-order valence-electron chi connectivity index (χ4n) is 6.19. The van der Waals surface area contributed by atoms with Gasteiger partial charge in [-0.3, -0.25) is 4.57 Å². The fourth-order valence-corrected chi connectivity index (χ4v) is 6.19. The van der Waals surface area contributed by atoms with E-state index in [2.05, 4.69) is 135 Å². The minimum absolute atomic E-state index is 0.427. The van der Waals surface area contributed by atoms with E-state index in [0.29, 0.717) is 5.95 Å². The molecule has 0 unspecified atom stereocenters. The Balaban J connectivity index is 1.35. The Hall–Kier alpha value is -4.78. The summed E-state index contributed by atoms with van der Waals surface area (Å²) in [6.45, 7) is 8.33. The molecule has 7 aromatic rings. The van der Waals surface area contributed by atoms with E-state index in [4.69, 9.17) is 19.3 Å². The minimum atomic E-state index is -0.468. The Labute approximate surface area is 257 Å². The van der Waals surface area contributed by atoms with Crippen molar-refractivity contribution in [3.63, 3.8) is 0 Å². The molecule has 0 N–H and O–H groups in total. The average Bonchev–Trinajstić information content (AvgIpc) is 3.49. The molecule has 8 rings (SSSR count). The van der Waals surface area contributed by atoms with Crippen LogP contribution in [-0.2, 0) is 9.31 Å². The molecule has 2 aromatic heterocycles. The molecule has 0 radical (unpaired) electrons.